The molecule has 11 nitrogen and oxygen atoms in total. The van der Waals surface area contributed by atoms with Crippen LogP contribution in [0.3, 0.4) is 0 Å². The second-order valence-corrected chi connectivity index (χ2v) is 9.26. The van der Waals surface area contributed by atoms with Gasteiger partial charge >= 0.3 is 0 Å². The van der Waals surface area contributed by atoms with E-state index >= 15 is 0 Å². The van der Waals surface area contributed by atoms with Gasteiger partial charge in [-0.05, 0) is 55.8 Å². The number of hydrogen-bond donors (Lipinski definition) is 4. The van der Waals surface area contributed by atoms with Crippen molar-refractivity contribution in [1.82, 2.24) is 19.7 Å². The Morgan fingerprint density at radius 3 is 2.50 bits per heavy atom. The number of nitrogens with one attached hydrogen (secondary N) is 3. The number of halogens is 1. The number of nitrogens with two attached hydrogens (primary N) is 1. The molecule has 0 atom stereocenters. The van der Waals surface area contributed by atoms with Crippen molar-refractivity contribution in [2.45, 2.75) is 25.3 Å². The molecule has 186 valence electrons. The van der Waals surface area contributed by atoms with Crippen LogP contribution in [0.1, 0.15) is 22.8 Å². The number of hydrogen-bond acceptors (Lipinski definition) is 8. The standard InChI is InChI=1S/C23H23FN8O3S/c1-3-32-20(10-11-27-32)30-22(33)15-5-8-16(9-6-15)28-21-18(24)13-26-23(31-21)29-17-7-4-14(2)19(12-17)36(25,34)35/h4-13H,3H2,1-2H3,(H,30,33)(H2,25,34,35)(H2,26,28,29,31). The number of nitrogens with zero attached hydrogens (tertiary/aromatic N) is 4. The van der Waals surface area contributed by atoms with Gasteiger partial charge in [0.05, 0.1) is 17.3 Å². The van der Waals surface area contributed by atoms with E-state index in [4.69, 9.17) is 5.14 Å². The van der Waals surface area contributed by atoms with Crippen LogP contribution in [0.15, 0.2) is 65.8 Å². The number of carbonyl (C=O) groups is 1. The normalized spacial score (nSPS) is 11.2. The quantitative estimate of drug-likeness (QED) is 0.280. The molecule has 0 radical (unpaired) electrons. The summed E-state index contributed by atoms with van der Waals surface area (Å²) in [7, 11) is -3.92. The highest BCUT2D eigenvalue weighted by Gasteiger charge is 2.14. The van der Waals surface area contributed by atoms with E-state index in [1.807, 2.05) is 6.92 Å². The van der Waals surface area contributed by atoms with Crippen molar-refractivity contribution in [3.63, 3.8) is 0 Å². The van der Waals surface area contributed by atoms with Gasteiger partial charge in [-0.3, -0.25) is 4.79 Å². The maximum absolute atomic E-state index is 14.4. The minimum Gasteiger partial charge on any atom is -0.338 e. The van der Waals surface area contributed by atoms with Crippen LogP contribution in [-0.4, -0.2) is 34.1 Å². The van der Waals surface area contributed by atoms with Crippen LogP contribution in [-0.2, 0) is 16.6 Å². The molecule has 4 aromatic rings. The van der Waals surface area contributed by atoms with E-state index in [0.717, 1.165) is 6.20 Å². The molecule has 0 unspecified atom stereocenters. The molecule has 2 aromatic carbocycles. The first-order chi connectivity index (χ1) is 17.1. The van der Waals surface area contributed by atoms with E-state index in [9.17, 15) is 17.6 Å². The third kappa shape index (κ3) is 5.64. The van der Waals surface area contributed by atoms with Crippen molar-refractivity contribution in [3.8, 4) is 0 Å². The van der Waals surface area contributed by atoms with Gasteiger partial charge in [-0.2, -0.15) is 10.1 Å². The number of primary sulfonamides is 1. The van der Waals surface area contributed by atoms with Crippen LogP contribution in [0.5, 0.6) is 0 Å². The van der Waals surface area contributed by atoms with Gasteiger partial charge in [0, 0.05) is 29.5 Å². The van der Waals surface area contributed by atoms with Crippen molar-refractivity contribution >= 4 is 44.9 Å². The van der Waals surface area contributed by atoms with E-state index in [0.29, 0.717) is 34.9 Å². The van der Waals surface area contributed by atoms with E-state index in [1.54, 1.807) is 60.3 Å². The predicted molar refractivity (Wildman–Crippen MR) is 133 cm³/mol. The Labute approximate surface area is 206 Å². The molecule has 0 aliphatic heterocycles. The van der Waals surface area contributed by atoms with Gasteiger partial charge in [-0.1, -0.05) is 6.07 Å². The Bertz CT molecular complexity index is 1520. The summed E-state index contributed by atoms with van der Waals surface area (Å²) < 4.78 is 39.6. The number of aryl methyl sites for hydroxylation is 2. The summed E-state index contributed by atoms with van der Waals surface area (Å²) in [5, 5.41) is 17.8. The predicted octanol–water partition coefficient (Wildman–Crippen LogP) is 3.53. The zero-order valence-electron chi connectivity index (χ0n) is 19.4. The molecule has 1 amide bonds. The minimum absolute atomic E-state index is 0.0339. The molecule has 2 heterocycles. The lowest BCUT2D eigenvalue weighted by Crippen LogP contribution is -2.15. The Kier molecular flexibility index (Phi) is 6.94. The lowest BCUT2D eigenvalue weighted by molar-refractivity contribution is 0.102. The molecular weight excluding hydrogens is 487 g/mol. The van der Waals surface area contributed by atoms with E-state index < -0.39 is 15.8 Å². The fourth-order valence-corrected chi connectivity index (χ4v) is 4.16. The van der Waals surface area contributed by atoms with Crippen LogP contribution in [0.25, 0.3) is 0 Å². The van der Waals surface area contributed by atoms with Gasteiger partial charge < -0.3 is 16.0 Å². The number of rotatable bonds is 8. The smallest absolute Gasteiger partial charge is 0.256 e. The number of anilines is 5. The number of aromatic nitrogens is 4. The molecule has 0 aliphatic carbocycles. The molecular formula is C23H23FN8O3S. The first-order valence-corrected chi connectivity index (χ1v) is 12.3. The summed E-state index contributed by atoms with van der Waals surface area (Å²) in [5.74, 6) is -0.516. The monoisotopic (exact) mass is 510 g/mol. The molecule has 0 spiro atoms. The molecule has 4 rings (SSSR count). The number of benzene rings is 2. The van der Waals surface area contributed by atoms with Crippen molar-refractivity contribution in [3.05, 3.63) is 77.9 Å². The average Bonchev–Trinajstić information content (AvgIpc) is 3.29. The SMILES string of the molecule is CCn1nccc1NC(=O)c1ccc(Nc2nc(Nc3ccc(C)c(S(N)(=O)=O)c3)ncc2F)cc1. The molecule has 0 saturated carbocycles. The van der Waals surface area contributed by atoms with Crippen LogP contribution < -0.4 is 21.1 Å². The fraction of sp³-hybridized carbons (Fsp3) is 0.130. The molecule has 13 heteroatoms. The molecule has 2 aromatic heterocycles. The lowest BCUT2D eigenvalue weighted by atomic mass is 10.2. The zero-order valence-corrected chi connectivity index (χ0v) is 20.2. The van der Waals surface area contributed by atoms with Crippen molar-refractivity contribution in [1.29, 1.82) is 0 Å². The lowest BCUT2D eigenvalue weighted by Gasteiger charge is -2.11. The second kappa shape index (κ2) is 10.1. The summed E-state index contributed by atoms with van der Waals surface area (Å²) >= 11 is 0. The molecule has 0 saturated heterocycles. The first-order valence-electron chi connectivity index (χ1n) is 10.8. The number of sulfonamides is 1. The van der Waals surface area contributed by atoms with Crippen molar-refractivity contribution in [2.24, 2.45) is 5.14 Å². The van der Waals surface area contributed by atoms with Gasteiger partial charge in [-0.25, -0.2) is 27.6 Å². The highest BCUT2D eigenvalue weighted by atomic mass is 32.2. The highest BCUT2D eigenvalue weighted by Crippen LogP contribution is 2.24. The molecule has 0 bridgehead atoms. The first kappa shape index (κ1) is 24.8. The minimum atomic E-state index is -3.92. The van der Waals surface area contributed by atoms with E-state index in [2.05, 4.69) is 31.0 Å². The molecule has 5 N–H and O–H groups in total. The molecule has 36 heavy (non-hydrogen) atoms. The maximum atomic E-state index is 14.4. The van der Waals surface area contributed by atoms with E-state index in [1.165, 1.54) is 6.07 Å². The number of carbonyl (C=O) groups excluding carboxylic acids is 1. The Hall–Kier alpha value is -4.36. The van der Waals surface area contributed by atoms with Crippen molar-refractivity contribution in [2.75, 3.05) is 16.0 Å². The fourth-order valence-electron chi connectivity index (χ4n) is 3.35. The van der Waals surface area contributed by atoms with Crippen LogP contribution >= 0.6 is 0 Å². The van der Waals surface area contributed by atoms with Crippen molar-refractivity contribution < 1.29 is 17.6 Å². The number of amides is 1. The van der Waals surface area contributed by atoms with E-state index in [-0.39, 0.29) is 22.6 Å². The summed E-state index contributed by atoms with van der Waals surface area (Å²) in [4.78, 5) is 20.5. The Balaban J connectivity index is 1.48. The zero-order chi connectivity index (χ0) is 25.9. The van der Waals surface area contributed by atoms with Crippen LogP contribution in [0, 0.1) is 12.7 Å². The Morgan fingerprint density at radius 1 is 1.08 bits per heavy atom. The van der Waals surface area contributed by atoms with Crippen LogP contribution in [0.2, 0.25) is 0 Å². The topological polar surface area (TPSA) is 157 Å². The summed E-state index contributed by atoms with van der Waals surface area (Å²) in [5.41, 5.74) is 1.74. The largest absolute Gasteiger partial charge is 0.338 e. The molecule has 0 aliphatic rings. The van der Waals surface area contributed by atoms with Gasteiger partial charge in [0.25, 0.3) is 5.91 Å². The van der Waals surface area contributed by atoms with Gasteiger partial charge in [0.15, 0.2) is 11.6 Å². The third-order valence-electron chi connectivity index (χ3n) is 5.16. The Morgan fingerprint density at radius 2 is 1.81 bits per heavy atom. The maximum Gasteiger partial charge on any atom is 0.256 e. The average molecular weight is 511 g/mol. The highest BCUT2D eigenvalue weighted by molar-refractivity contribution is 7.89. The third-order valence-corrected chi connectivity index (χ3v) is 6.22. The molecule has 0 fully saturated rings. The van der Waals surface area contributed by atoms with Gasteiger partial charge in [-0.15, -0.1) is 0 Å². The summed E-state index contributed by atoms with van der Waals surface area (Å²) in [6.45, 7) is 4.15. The summed E-state index contributed by atoms with van der Waals surface area (Å²) in [6.07, 6.45) is 2.58. The van der Waals surface area contributed by atoms with Gasteiger partial charge in [0.1, 0.15) is 5.82 Å². The van der Waals surface area contributed by atoms with Crippen LogP contribution in [0.4, 0.5) is 33.3 Å². The second-order valence-electron chi connectivity index (χ2n) is 7.73. The summed E-state index contributed by atoms with van der Waals surface area (Å²) in [6, 6.07) is 12.7. The van der Waals surface area contributed by atoms with Gasteiger partial charge in [0.2, 0.25) is 16.0 Å².